The van der Waals surface area contributed by atoms with Crippen molar-refractivity contribution in [1.29, 1.82) is 0 Å². The third-order valence-corrected chi connectivity index (χ3v) is 3.45. The Morgan fingerprint density at radius 2 is 1.62 bits per heavy atom. The summed E-state index contributed by atoms with van der Waals surface area (Å²) in [5.41, 5.74) is 4.33. The highest BCUT2D eigenvalue weighted by Crippen LogP contribution is 2.25. The lowest BCUT2D eigenvalue weighted by Gasteiger charge is -2.11. The second kappa shape index (κ2) is 5.37. The van der Waals surface area contributed by atoms with Crippen LogP contribution < -0.4 is 5.01 Å². The Bertz CT molecular complexity index is 728. The van der Waals surface area contributed by atoms with Gasteiger partial charge in [0.05, 0.1) is 17.0 Å². The molecule has 0 spiro atoms. The van der Waals surface area contributed by atoms with Crippen molar-refractivity contribution in [2.75, 3.05) is 5.01 Å². The van der Waals surface area contributed by atoms with Crippen molar-refractivity contribution in [2.24, 2.45) is 5.10 Å². The van der Waals surface area contributed by atoms with E-state index in [1.54, 1.807) is 0 Å². The van der Waals surface area contributed by atoms with Gasteiger partial charge in [-0.3, -0.25) is 4.79 Å². The van der Waals surface area contributed by atoms with E-state index >= 15 is 0 Å². The molecule has 1 aliphatic rings. The number of amides is 1. The third-order valence-electron chi connectivity index (χ3n) is 3.45. The predicted molar refractivity (Wildman–Crippen MR) is 86.2 cm³/mol. The molecule has 0 unspecified atom stereocenters. The zero-order valence-electron chi connectivity index (χ0n) is 12.1. The molecule has 1 aliphatic heterocycles. The van der Waals surface area contributed by atoms with Crippen molar-refractivity contribution in [2.45, 2.75) is 13.8 Å². The van der Waals surface area contributed by atoms with Crippen LogP contribution in [-0.4, -0.2) is 11.6 Å². The van der Waals surface area contributed by atoms with Gasteiger partial charge in [0, 0.05) is 0 Å². The number of aryl methyl sites for hydroxylation is 1. The summed E-state index contributed by atoms with van der Waals surface area (Å²) in [5.74, 6) is -0.0831. The Labute approximate surface area is 124 Å². The molecule has 0 N–H and O–H groups in total. The number of hydrogen-bond acceptors (Lipinski definition) is 2. The second-order valence-corrected chi connectivity index (χ2v) is 5.11. The van der Waals surface area contributed by atoms with Gasteiger partial charge in [-0.15, -0.1) is 0 Å². The maximum atomic E-state index is 12.5. The van der Waals surface area contributed by atoms with Crippen molar-refractivity contribution in [1.82, 2.24) is 0 Å². The van der Waals surface area contributed by atoms with Crippen LogP contribution in [0.2, 0.25) is 0 Å². The highest BCUT2D eigenvalue weighted by molar-refractivity contribution is 6.32. The minimum absolute atomic E-state index is 0.0831. The van der Waals surface area contributed by atoms with E-state index in [1.165, 1.54) is 5.01 Å². The number of carbonyl (C=O) groups is 1. The van der Waals surface area contributed by atoms with E-state index in [1.807, 2.05) is 74.5 Å². The van der Waals surface area contributed by atoms with E-state index in [9.17, 15) is 4.79 Å². The summed E-state index contributed by atoms with van der Waals surface area (Å²) in [5, 5.41) is 5.84. The number of benzene rings is 2. The van der Waals surface area contributed by atoms with Crippen LogP contribution in [0.15, 0.2) is 65.3 Å². The van der Waals surface area contributed by atoms with Crippen LogP contribution in [0, 0.1) is 6.92 Å². The van der Waals surface area contributed by atoms with E-state index in [2.05, 4.69) is 5.10 Å². The highest BCUT2D eigenvalue weighted by atomic mass is 16.2. The van der Waals surface area contributed by atoms with Crippen molar-refractivity contribution in [3.8, 4) is 0 Å². The number of carbonyl (C=O) groups excluding carboxylic acids is 1. The van der Waals surface area contributed by atoms with Gasteiger partial charge >= 0.3 is 0 Å². The van der Waals surface area contributed by atoms with Crippen molar-refractivity contribution in [3.05, 3.63) is 71.3 Å². The van der Waals surface area contributed by atoms with E-state index in [0.717, 1.165) is 22.5 Å². The molecule has 21 heavy (non-hydrogen) atoms. The van der Waals surface area contributed by atoms with Gasteiger partial charge in [0.2, 0.25) is 0 Å². The van der Waals surface area contributed by atoms with Crippen molar-refractivity contribution >= 4 is 23.4 Å². The maximum absolute atomic E-state index is 12.5. The molecule has 1 heterocycles. The zero-order valence-corrected chi connectivity index (χ0v) is 12.1. The minimum Gasteiger partial charge on any atom is -0.267 e. The summed E-state index contributed by atoms with van der Waals surface area (Å²) < 4.78 is 0. The molecular weight excluding hydrogens is 260 g/mol. The van der Waals surface area contributed by atoms with Gasteiger partial charge in [-0.05, 0) is 37.6 Å². The van der Waals surface area contributed by atoms with Crippen LogP contribution in [0.25, 0.3) is 6.08 Å². The number of rotatable bonds is 2. The number of hydrazone groups is 1. The summed E-state index contributed by atoms with van der Waals surface area (Å²) in [6.45, 7) is 3.88. The molecule has 0 atom stereocenters. The summed E-state index contributed by atoms with van der Waals surface area (Å²) in [6, 6.07) is 17.6. The van der Waals surface area contributed by atoms with Crippen LogP contribution in [-0.2, 0) is 4.79 Å². The monoisotopic (exact) mass is 276 g/mol. The fraction of sp³-hybridized carbons (Fsp3) is 0.111. The first kappa shape index (κ1) is 13.3. The Morgan fingerprint density at radius 1 is 0.952 bits per heavy atom. The zero-order chi connectivity index (χ0) is 14.8. The van der Waals surface area contributed by atoms with Gasteiger partial charge < -0.3 is 0 Å². The molecule has 0 radical (unpaired) electrons. The number of hydrogen-bond donors (Lipinski definition) is 0. The number of nitrogens with zero attached hydrogens (tertiary/aromatic N) is 2. The minimum atomic E-state index is -0.0831. The van der Waals surface area contributed by atoms with Gasteiger partial charge in [0.1, 0.15) is 0 Å². The van der Waals surface area contributed by atoms with Gasteiger partial charge in [-0.1, -0.05) is 48.0 Å². The highest BCUT2D eigenvalue weighted by Gasteiger charge is 2.28. The summed E-state index contributed by atoms with van der Waals surface area (Å²) in [4.78, 5) is 12.5. The molecule has 3 heteroatoms. The summed E-state index contributed by atoms with van der Waals surface area (Å²) >= 11 is 0. The predicted octanol–water partition coefficient (Wildman–Crippen LogP) is 3.80. The van der Waals surface area contributed by atoms with Crippen molar-refractivity contribution < 1.29 is 4.79 Å². The smallest absolute Gasteiger partial charge is 0.267 e. The topological polar surface area (TPSA) is 32.7 Å². The summed E-state index contributed by atoms with van der Waals surface area (Å²) in [7, 11) is 0. The second-order valence-electron chi connectivity index (χ2n) is 5.11. The van der Waals surface area contributed by atoms with Gasteiger partial charge in [-0.2, -0.15) is 10.1 Å². The quantitative estimate of drug-likeness (QED) is 0.768. The van der Waals surface area contributed by atoms with Gasteiger partial charge in [0.15, 0.2) is 0 Å². The molecule has 0 fully saturated rings. The molecule has 3 nitrogen and oxygen atoms in total. The molecule has 3 rings (SSSR count). The normalized spacial score (nSPS) is 16.5. The Kier molecular flexibility index (Phi) is 3.40. The SMILES string of the molecule is CC1=NN(c2ccc(C)cc2)C(=O)/C1=C\c1ccccc1. The van der Waals surface area contributed by atoms with Crippen LogP contribution in [0.5, 0.6) is 0 Å². The summed E-state index contributed by atoms with van der Waals surface area (Å²) in [6.07, 6.45) is 1.88. The molecule has 0 saturated carbocycles. The van der Waals surface area contributed by atoms with Crippen LogP contribution in [0.3, 0.4) is 0 Å². The lowest BCUT2D eigenvalue weighted by atomic mass is 10.1. The Morgan fingerprint density at radius 3 is 2.29 bits per heavy atom. The lowest BCUT2D eigenvalue weighted by Crippen LogP contribution is -2.21. The van der Waals surface area contributed by atoms with E-state index < -0.39 is 0 Å². The molecule has 2 aromatic rings. The van der Waals surface area contributed by atoms with Gasteiger partial charge in [0.25, 0.3) is 5.91 Å². The molecule has 0 saturated heterocycles. The van der Waals surface area contributed by atoms with E-state index in [4.69, 9.17) is 0 Å². The lowest BCUT2D eigenvalue weighted by molar-refractivity contribution is -0.114. The largest absolute Gasteiger partial charge is 0.280 e. The first-order chi connectivity index (χ1) is 10.1. The molecule has 1 amide bonds. The standard InChI is InChI=1S/C18H16N2O/c1-13-8-10-16(11-9-13)20-18(21)17(14(2)19-20)12-15-6-4-3-5-7-15/h3-12H,1-2H3/b17-12-. The third kappa shape index (κ3) is 2.63. The van der Waals surface area contributed by atoms with Gasteiger partial charge in [-0.25, -0.2) is 0 Å². The van der Waals surface area contributed by atoms with E-state index in [0.29, 0.717) is 5.57 Å². The maximum Gasteiger partial charge on any atom is 0.280 e. The molecule has 2 aromatic carbocycles. The average Bonchev–Trinajstić information content (AvgIpc) is 2.77. The Balaban J connectivity index is 1.94. The van der Waals surface area contributed by atoms with Crippen molar-refractivity contribution in [3.63, 3.8) is 0 Å². The first-order valence-electron chi connectivity index (χ1n) is 6.88. The Hall–Kier alpha value is -2.68. The molecule has 0 aliphatic carbocycles. The number of anilines is 1. The molecule has 0 aromatic heterocycles. The first-order valence-corrected chi connectivity index (χ1v) is 6.88. The van der Waals surface area contributed by atoms with Crippen LogP contribution in [0.4, 0.5) is 5.69 Å². The van der Waals surface area contributed by atoms with Crippen LogP contribution >= 0.6 is 0 Å². The molecule has 0 bridgehead atoms. The molecule has 104 valence electrons. The fourth-order valence-corrected chi connectivity index (χ4v) is 2.26. The van der Waals surface area contributed by atoms with E-state index in [-0.39, 0.29) is 5.91 Å². The molecular formula is C18H16N2O. The van der Waals surface area contributed by atoms with Crippen LogP contribution in [0.1, 0.15) is 18.1 Å². The fourth-order valence-electron chi connectivity index (χ4n) is 2.26. The average molecular weight is 276 g/mol.